The summed E-state index contributed by atoms with van der Waals surface area (Å²) in [6.07, 6.45) is 9.98. The van der Waals surface area contributed by atoms with Gasteiger partial charge in [0, 0.05) is 18.5 Å². The average molecular weight is 716 g/mol. The molecule has 52 heavy (non-hydrogen) atoms. The van der Waals surface area contributed by atoms with E-state index < -0.39 is 22.2 Å². The van der Waals surface area contributed by atoms with Gasteiger partial charge in [0.15, 0.2) is 5.78 Å². The molecular formula is C44H61NO7. The third-order valence-corrected chi connectivity index (χ3v) is 16.7. The highest BCUT2D eigenvalue weighted by molar-refractivity contribution is 5.96. The molecule has 4 saturated carbocycles. The molecule has 0 unspecified atom stereocenters. The van der Waals surface area contributed by atoms with Gasteiger partial charge in [-0.05, 0) is 137 Å². The molecule has 1 N–H and O–H groups in total. The number of carboxylic acids is 1. The maximum Gasteiger partial charge on any atom is 0.314 e. The largest absolute Gasteiger partial charge is 0.481 e. The van der Waals surface area contributed by atoms with Crippen LogP contribution in [0.4, 0.5) is 0 Å². The van der Waals surface area contributed by atoms with Crippen LogP contribution in [0.25, 0.3) is 0 Å². The second-order valence-corrected chi connectivity index (χ2v) is 19.2. The van der Waals surface area contributed by atoms with Crippen molar-refractivity contribution in [2.75, 3.05) is 19.7 Å². The van der Waals surface area contributed by atoms with Gasteiger partial charge < -0.3 is 14.6 Å². The highest BCUT2D eigenvalue weighted by Crippen LogP contribution is 2.75. The number of fused-ring (bicyclic) bond motifs is 7. The first kappa shape index (κ1) is 37.3. The zero-order valence-electron chi connectivity index (χ0n) is 32.6. The van der Waals surface area contributed by atoms with Crippen molar-refractivity contribution in [3.05, 3.63) is 47.5 Å². The summed E-state index contributed by atoms with van der Waals surface area (Å²) in [4.78, 5) is 57.6. The first-order chi connectivity index (χ1) is 24.5. The Morgan fingerprint density at radius 2 is 1.60 bits per heavy atom. The highest BCUT2D eigenvalue weighted by atomic mass is 16.5. The van der Waals surface area contributed by atoms with Crippen LogP contribution < -0.4 is 0 Å². The summed E-state index contributed by atoms with van der Waals surface area (Å²) in [5, 5.41) is 10.3. The molecule has 0 spiro atoms. The standard InChI is InChI=1S/C44H61NO7/c1-8-51-36(47)29-16-23-45(26-29)34-15-17-41(4)33(44(34,7)38(50)52-27-28-12-10-9-11-13-28)14-18-43(6)35(41)32(46)24-30-31-25-40(3,37(48)49)20-19-39(31,2)21-22-42(30,43)5/h9-13,24,29,31,33-35H,8,14-23,25-27H2,1-7H3,(H,48,49)/t29-,31+,33-,34+,35-,39-,40+,41+,42-,43-,44+/m1/s1. The average Bonchev–Trinajstić information content (AvgIpc) is 3.59. The maximum atomic E-state index is 15.0. The Morgan fingerprint density at radius 1 is 0.885 bits per heavy atom. The van der Waals surface area contributed by atoms with Crippen LogP contribution in [-0.2, 0) is 35.3 Å². The van der Waals surface area contributed by atoms with Crippen molar-refractivity contribution in [3.63, 3.8) is 0 Å². The second kappa shape index (κ2) is 12.8. The minimum atomic E-state index is -0.893. The molecule has 0 aromatic heterocycles. The predicted octanol–water partition coefficient (Wildman–Crippen LogP) is 8.03. The maximum absolute atomic E-state index is 15.0. The molecule has 0 bridgehead atoms. The molecule has 8 heteroatoms. The van der Waals surface area contributed by atoms with Gasteiger partial charge in [-0.25, -0.2) is 0 Å². The van der Waals surface area contributed by atoms with Crippen molar-refractivity contribution < 1.29 is 33.8 Å². The van der Waals surface area contributed by atoms with Crippen molar-refractivity contribution in [2.24, 2.45) is 56.2 Å². The van der Waals surface area contributed by atoms with E-state index in [9.17, 15) is 19.5 Å². The fourth-order valence-electron chi connectivity index (χ4n) is 13.3. The van der Waals surface area contributed by atoms with Crippen molar-refractivity contribution in [3.8, 4) is 0 Å². The summed E-state index contributed by atoms with van der Waals surface area (Å²) in [7, 11) is 0. The summed E-state index contributed by atoms with van der Waals surface area (Å²) in [6.45, 7) is 17.0. The van der Waals surface area contributed by atoms with E-state index in [0.29, 0.717) is 32.4 Å². The normalized spacial score (nSPS) is 44.3. The molecule has 0 amide bonds. The summed E-state index contributed by atoms with van der Waals surface area (Å²) in [5.74, 6) is -1.46. The second-order valence-electron chi connectivity index (χ2n) is 19.2. The lowest BCUT2D eigenvalue weighted by atomic mass is 9.33. The van der Waals surface area contributed by atoms with E-state index in [1.807, 2.05) is 50.3 Å². The molecular weight excluding hydrogens is 654 g/mol. The Balaban J connectivity index is 1.26. The van der Waals surface area contributed by atoms with Gasteiger partial charge in [-0.2, -0.15) is 0 Å². The van der Waals surface area contributed by atoms with E-state index in [1.54, 1.807) is 0 Å². The number of carbonyl (C=O) groups is 4. The smallest absolute Gasteiger partial charge is 0.314 e. The van der Waals surface area contributed by atoms with Crippen LogP contribution in [0.2, 0.25) is 0 Å². The molecule has 5 fully saturated rings. The molecule has 1 heterocycles. The summed E-state index contributed by atoms with van der Waals surface area (Å²) in [6, 6.07) is 9.68. The van der Waals surface area contributed by atoms with Crippen LogP contribution in [0.5, 0.6) is 0 Å². The molecule has 284 valence electrons. The quantitative estimate of drug-likeness (QED) is 0.283. The summed E-state index contributed by atoms with van der Waals surface area (Å²) in [5.41, 5.74) is -0.596. The molecule has 6 aliphatic rings. The Hall–Kier alpha value is -3.00. The number of hydrogen-bond acceptors (Lipinski definition) is 7. The van der Waals surface area contributed by atoms with E-state index >= 15 is 4.79 Å². The Bertz CT molecular complexity index is 1660. The Labute approximate surface area is 310 Å². The number of nitrogens with zero attached hydrogens (tertiary/aromatic N) is 1. The number of benzene rings is 1. The SMILES string of the molecule is CCOC(=O)[C@@H]1CCN([C@H]2CC[C@@]3(C)[C@@H](CC[C@]4(C)[C@@H]3C(=O)C=C3[C@@H]5C[C@@](C)(C(=O)O)CC[C@]5(C)CC[C@]34C)[C@]2(C)C(=O)OCc2ccccc2)C1. The number of carbonyl (C=O) groups excluding carboxylic acids is 3. The number of allylic oxidation sites excluding steroid dienone is 2. The van der Waals surface area contributed by atoms with E-state index in [4.69, 9.17) is 9.47 Å². The number of aliphatic carboxylic acids is 1. The Kier molecular flexibility index (Phi) is 9.19. The lowest BCUT2D eigenvalue weighted by Crippen LogP contribution is -2.69. The minimum Gasteiger partial charge on any atom is -0.481 e. The van der Waals surface area contributed by atoms with Crippen molar-refractivity contribution >= 4 is 23.7 Å². The molecule has 8 nitrogen and oxygen atoms in total. The molecule has 7 rings (SSSR count). The van der Waals surface area contributed by atoms with Crippen LogP contribution in [0, 0.1) is 56.2 Å². The zero-order chi connectivity index (χ0) is 37.5. The van der Waals surface area contributed by atoms with E-state index in [0.717, 1.165) is 57.1 Å². The van der Waals surface area contributed by atoms with Crippen molar-refractivity contribution in [2.45, 2.75) is 125 Å². The summed E-state index contributed by atoms with van der Waals surface area (Å²) < 4.78 is 11.7. The molecule has 11 atom stereocenters. The van der Waals surface area contributed by atoms with Gasteiger partial charge in [-0.1, -0.05) is 63.6 Å². The zero-order valence-corrected chi connectivity index (χ0v) is 32.6. The van der Waals surface area contributed by atoms with E-state index in [-0.39, 0.29) is 70.3 Å². The monoisotopic (exact) mass is 715 g/mol. The van der Waals surface area contributed by atoms with Gasteiger partial charge in [0.25, 0.3) is 0 Å². The van der Waals surface area contributed by atoms with Gasteiger partial charge in [0.2, 0.25) is 0 Å². The fraction of sp³-hybridized carbons (Fsp3) is 0.727. The third kappa shape index (κ3) is 5.38. The van der Waals surface area contributed by atoms with E-state index in [1.165, 1.54) is 5.57 Å². The highest BCUT2D eigenvalue weighted by Gasteiger charge is 2.72. The topological polar surface area (TPSA) is 110 Å². The lowest BCUT2D eigenvalue weighted by molar-refractivity contribution is -0.211. The molecule has 5 aliphatic carbocycles. The molecule has 1 aromatic carbocycles. The van der Waals surface area contributed by atoms with Gasteiger partial charge in [0.1, 0.15) is 6.61 Å². The third-order valence-electron chi connectivity index (χ3n) is 16.7. The number of rotatable bonds is 7. The molecule has 0 radical (unpaired) electrons. The first-order valence-corrected chi connectivity index (χ1v) is 20.1. The summed E-state index contributed by atoms with van der Waals surface area (Å²) >= 11 is 0. The number of ketones is 1. The molecule has 1 aliphatic heterocycles. The Morgan fingerprint density at radius 3 is 2.29 bits per heavy atom. The first-order valence-electron chi connectivity index (χ1n) is 20.1. The number of hydrogen-bond donors (Lipinski definition) is 1. The lowest BCUT2D eigenvalue weighted by Gasteiger charge is -2.70. The van der Waals surface area contributed by atoms with Crippen LogP contribution in [0.15, 0.2) is 42.0 Å². The van der Waals surface area contributed by atoms with Crippen LogP contribution >= 0.6 is 0 Å². The number of likely N-dealkylation sites (tertiary alicyclic amines) is 1. The van der Waals surface area contributed by atoms with Gasteiger partial charge in [-0.15, -0.1) is 0 Å². The van der Waals surface area contributed by atoms with Crippen molar-refractivity contribution in [1.82, 2.24) is 4.90 Å². The number of ether oxygens (including phenoxy) is 2. The van der Waals surface area contributed by atoms with Gasteiger partial charge in [-0.3, -0.25) is 24.1 Å². The molecule has 1 aromatic rings. The van der Waals surface area contributed by atoms with Crippen molar-refractivity contribution in [1.29, 1.82) is 0 Å². The predicted molar refractivity (Wildman–Crippen MR) is 198 cm³/mol. The minimum absolute atomic E-state index is 0.0127. The fourth-order valence-corrected chi connectivity index (χ4v) is 13.3. The van der Waals surface area contributed by atoms with Crippen LogP contribution in [0.1, 0.15) is 118 Å². The molecule has 1 saturated heterocycles. The number of carboxylic acid groups (broad SMARTS) is 1. The van der Waals surface area contributed by atoms with E-state index in [2.05, 4.69) is 39.5 Å². The van der Waals surface area contributed by atoms with Crippen LogP contribution in [-0.4, -0.2) is 59.4 Å². The van der Waals surface area contributed by atoms with Gasteiger partial charge >= 0.3 is 17.9 Å². The van der Waals surface area contributed by atoms with Crippen LogP contribution in [0.3, 0.4) is 0 Å². The van der Waals surface area contributed by atoms with Gasteiger partial charge in [0.05, 0.1) is 23.4 Å². The number of esters is 2.